The molecule has 18 heavy (non-hydrogen) atoms. The molecule has 0 aliphatic heterocycles. The van der Waals surface area contributed by atoms with Crippen LogP contribution in [0.1, 0.15) is 0 Å². The lowest BCUT2D eigenvalue weighted by molar-refractivity contribution is -0.106. The van der Waals surface area contributed by atoms with Crippen LogP contribution in [0.5, 0.6) is 0 Å². The highest BCUT2D eigenvalue weighted by molar-refractivity contribution is 7.82. The Labute approximate surface area is 114 Å². The van der Waals surface area contributed by atoms with E-state index in [1.54, 1.807) is 30.3 Å². The van der Waals surface area contributed by atoms with Crippen molar-refractivity contribution in [2.24, 2.45) is 0 Å². The molecule has 0 aliphatic rings. The maximum Gasteiger partial charge on any atom is 0.229 e. The highest BCUT2D eigenvalue weighted by atomic mass is 35.5. The standard InChI is InChI=1S/C11H9ClN4OS/c12-8-1-3-9(4-2-8)14-11-13-6-5-10(15-11)16(18)7-17/h1-7,18H,(H,13,14,15). The monoisotopic (exact) mass is 280 g/mol. The number of halogens is 1. The largest absolute Gasteiger partial charge is 0.324 e. The van der Waals surface area contributed by atoms with Crippen molar-refractivity contribution in [2.45, 2.75) is 0 Å². The lowest BCUT2D eigenvalue weighted by atomic mass is 10.3. The number of carbonyl (C=O) groups excluding carboxylic acids is 1. The van der Waals surface area contributed by atoms with E-state index in [1.807, 2.05) is 0 Å². The van der Waals surface area contributed by atoms with Gasteiger partial charge in [0.1, 0.15) is 0 Å². The zero-order chi connectivity index (χ0) is 13.0. The second kappa shape index (κ2) is 5.70. The van der Waals surface area contributed by atoms with Gasteiger partial charge in [0.25, 0.3) is 0 Å². The van der Waals surface area contributed by atoms with Crippen LogP contribution in [0.2, 0.25) is 5.02 Å². The Morgan fingerprint density at radius 3 is 2.67 bits per heavy atom. The van der Waals surface area contributed by atoms with Crippen LogP contribution in [0.3, 0.4) is 0 Å². The van der Waals surface area contributed by atoms with E-state index >= 15 is 0 Å². The van der Waals surface area contributed by atoms with E-state index in [1.165, 1.54) is 6.20 Å². The van der Waals surface area contributed by atoms with Gasteiger partial charge >= 0.3 is 0 Å². The Balaban J connectivity index is 2.19. The molecule has 1 aromatic heterocycles. The lowest BCUT2D eigenvalue weighted by Gasteiger charge is -2.09. The van der Waals surface area contributed by atoms with Gasteiger partial charge in [0.2, 0.25) is 12.4 Å². The Hall–Kier alpha value is -1.79. The number of rotatable bonds is 4. The smallest absolute Gasteiger partial charge is 0.229 e. The van der Waals surface area contributed by atoms with Gasteiger partial charge in [-0.05, 0) is 24.3 Å². The third kappa shape index (κ3) is 3.12. The Morgan fingerprint density at radius 1 is 1.28 bits per heavy atom. The second-order valence-corrected chi connectivity index (χ2v) is 4.19. The van der Waals surface area contributed by atoms with E-state index in [4.69, 9.17) is 11.6 Å². The summed E-state index contributed by atoms with van der Waals surface area (Å²) in [6.07, 6.45) is 2.09. The molecule has 7 heteroatoms. The number of nitrogens with zero attached hydrogens (tertiary/aromatic N) is 3. The third-order valence-electron chi connectivity index (χ3n) is 2.08. The van der Waals surface area contributed by atoms with Crippen molar-refractivity contribution in [3.8, 4) is 0 Å². The number of nitrogens with one attached hydrogen (secondary N) is 1. The van der Waals surface area contributed by atoms with Crippen LogP contribution in [-0.4, -0.2) is 16.4 Å². The van der Waals surface area contributed by atoms with Crippen molar-refractivity contribution in [1.82, 2.24) is 9.97 Å². The van der Waals surface area contributed by atoms with Crippen molar-refractivity contribution in [3.05, 3.63) is 41.6 Å². The van der Waals surface area contributed by atoms with Crippen LogP contribution in [0.25, 0.3) is 0 Å². The number of aromatic nitrogens is 2. The SMILES string of the molecule is O=CN(S)c1ccnc(Nc2ccc(Cl)cc2)n1. The molecule has 92 valence electrons. The summed E-state index contributed by atoms with van der Waals surface area (Å²) >= 11 is 9.72. The number of hydrogen-bond donors (Lipinski definition) is 2. The zero-order valence-corrected chi connectivity index (χ0v) is 10.8. The first-order valence-corrected chi connectivity index (χ1v) is 5.76. The summed E-state index contributed by atoms with van der Waals surface area (Å²) < 4.78 is 1.06. The number of carbonyl (C=O) groups is 1. The third-order valence-corrected chi connectivity index (χ3v) is 2.63. The van der Waals surface area contributed by atoms with Gasteiger partial charge < -0.3 is 5.32 Å². The van der Waals surface area contributed by atoms with Gasteiger partial charge in [0, 0.05) is 23.0 Å². The van der Waals surface area contributed by atoms with E-state index in [2.05, 4.69) is 28.1 Å². The fourth-order valence-electron chi connectivity index (χ4n) is 1.25. The minimum Gasteiger partial charge on any atom is -0.324 e. The minimum atomic E-state index is 0.371. The molecule has 0 saturated carbocycles. The highest BCUT2D eigenvalue weighted by Crippen LogP contribution is 2.18. The predicted octanol–water partition coefficient (Wildman–Crippen LogP) is 2.68. The molecule has 0 aliphatic carbocycles. The molecule has 2 rings (SSSR count). The molecule has 0 bridgehead atoms. The van der Waals surface area contributed by atoms with E-state index in [0.717, 1.165) is 9.99 Å². The first-order chi connectivity index (χ1) is 8.69. The summed E-state index contributed by atoms with van der Waals surface area (Å²) in [6.45, 7) is 0. The quantitative estimate of drug-likeness (QED) is 0.668. The van der Waals surface area contributed by atoms with Gasteiger partial charge in [0.05, 0.1) is 0 Å². The van der Waals surface area contributed by atoms with E-state index in [9.17, 15) is 4.79 Å². The molecule has 0 spiro atoms. The molecule has 1 N–H and O–H groups in total. The summed E-state index contributed by atoms with van der Waals surface area (Å²) in [4.78, 5) is 18.7. The maximum atomic E-state index is 10.6. The van der Waals surface area contributed by atoms with E-state index < -0.39 is 0 Å². The van der Waals surface area contributed by atoms with Crippen LogP contribution >= 0.6 is 24.4 Å². The van der Waals surface area contributed by atoms with Crippen LogP contribution < -0.4 is 9.62 Å². The molecular formula is C11H9ClN4OS. The molecule has 0 fully saturated rings. The number of amides is 1. The normalized spacial score (nSPS) is 9.89. The maximum absolute atomic E-state index is 10.6. The first kappa shape index (κ1) is 12.7. The van der Waals surface area contributed by atoms with Crippen molar-refractivity contribution in [1.29, 1.82) is 0 Å². The van der Waals surface area contributed by atoms with Crippen LogP contribution in [0.15, 0.2) is 36.5 Å². The van der Waals surface area contributed by atoms with Crippen molar-refractivity contribution in [2.75, 3.05) is 9.62 Å². The van der Waals surface area contributed by atoms with Crippen molar-refractivity contribution >= 4 is 48.3 Å². The van der Waals surface area contributed by atoms with Gasteiger partial charge in [-0.2, -0.15) is 4.98 Å². The molecule has 0 unspecified atom stereocenters. The van der Waals surface area contributed by atoms with E-state index in [0.29, 0.717) is 23.2 Å². The van der Waals surface area contributed by atoms with Crippen molar-refractivity contribution in [3.63, 3.8) is 0 Å². The summed E-state index contributed by atoms with van der Waals surface area (Å²) in [7, 11) is 0. The second-order valence-electron chi connectivity index (χ2n) is 3.32. The molecule has 0 atom stereocenters. The van der Waals surface area contributed by atoms with Gasteiger partial charge in [0.15, 0.2) is 5.82 Å². The summed E-state index contributed by atoms with van der Waals surface area (Å²) in [5.41, 5.74) is 0.799. The molecule has 5 nitrogen and oxygen atoms in total. The fourth-order valence-corrected chi connectivity index (χ4v) is 1.49. The van der Waals surface area contributed by atoms with E-state index in [-0.39, 0.29) is 0 Å². The van der Waals surface area contributed by atoms with Gasteiger partial charge in [-0.1, -0.05) is 24.4 Å². The van der Waals surface area contributed by atoms with Crippen molar-refractivity contribution < 1.29 is 4.79 Å². The van der Waals surface area contributed by atoms with Gasteiger partial charge in [-0.15, -0.1) is 0 Å². The predicted molar refractivity (Wildman–Crippen MR) is 74.3 cm³/mol. The minimum absolute atomic E-state index is 0.371. The van der Waals surface area contributed by atoms with Crippen LogP contribution in [-0.2, 0) is 4.79 Å². The number of benzene rings is 1. The molecule has 0 saturated heterocycles. The Bertz CT molecular complexity index is 549. The van der Waals surface area contributed by atoms with Gasteiger partial charge in [-0.25, -0.2) is 9.29 Å². The molecule has 0 radical (unpaired) electrons. The molecule has 1 aromatic carbocycles. The summed E-state index contributed by atoms with van der Waals surface area (Å²) in [5.74, 6) is 0.760. The lowest BCUT2D eigenvalue weighted by Crippen LogP contribution is -2.09. The molecule has 2 aromatic rings. The molecule has 1 heterocycles. The van der Waals surface area contributed by atoms with Crippen LogP contribution in [0.4, 0.5) is 17.5 Å². The first-order valence-electron chi connectivity index (χ1n) is 4.98. The average molecular weight is 281 g/mol. The number of anilines is 3. The van der Waals surface area contributed by atoms with Crippen LogP contribution in [0, 0.1) is 0 Å². The average Bonchev–Trinajstić information content (AvgIpc) is 2.41. The molecule has 1 amide bonds. The van der Waals surface area contributed by atoms with Gasteiger partial charge in [-0.3, -0.25) is 4.79 Å². The fraction of sp³-hybridized carbons (Fsp3) is 0. The topological polar surface area (TPSA) is 58.1 Å². The summed E-state index contributed by atoms with van der Waals surface area (Å²) in [6, 6.07) is 8.69. The highest BCUT2D eigenvalue weighted by Gasteiger charge is 2.04. The molecular weight excluding hydrogens is 272 g/mol. The number of hydrogen-bond acceptors (Lipinski definition) is 5. The summed E-state index contributed by atoms with van der Waals surface area (Å²) in [5, 5.41) is 3.64. The number of thiol groups is 1. The Kier molecular flexibility index (Phi) is 4.01. The zero-order valence-electron chi connectivity index (χ0n) is 9.12. The Morgan fingerprint density at radius 2 is 2.00 bits per heavy atom.